The number of nitrogens with zero attached hydrogens (tertiary/aromatic N) is 10. The molecular weight excluding hydrogens is 929 g/mol. The van der Waals surface area contributed by atoms with Gasteiger partial charge in [0, 0.05) is 17.1 Å². The zero-order valence-electron chi connectivity index (χ0n) is 35.8. The van der Waals surface area contributed by atoms with Crippen molar-refractivity contribution in [2.75, 3.05) is 0 Å². The number of nitrogens with one attached hydrogen (secondary N) is 2. The van der Waals surface area contributed by atoms with Crippen LogP contribution >= 0.6 is 0 Å². The average Bonchev–Trinajstić information content (AvgIpc) is 4.06. The maximum absolute atomic E-state index is 5.54. The van der Waals surface area contributed by atoms with Crippen molar-refractivity contribution in [3.05, 3.63) is 96.6 Å². The second-order valence-electron chi connectivity index (χ2n) is 14.6. The van der Waals surface area contributed by atoms with E-state index in [9.17, 15) is 0 Å². The Balaban J connectivity index is 0.00000171. The van der Waals surface area contributed by atoms with Gasteiger partial charge in [-0.2, -0.15) is 0 Å². The van der Waals surface area contributed by atoms with Gasteiger partial charge >= 0.3 is 0 Å². The monoisotopic (exact) mass is 976 g/mol. The number of hydrogen-bond donors (Lipinski definition) is 2. The summed E-state index contributed by atoms with van der Waals surface area (Å²) in [5, 5.41) is 0. The SMILES string of the molecule is CCn1cc[n+](C)c1-c1c2nc(c(-c3n(CC)cc[n+]3C)c3ccc([nH]3)c(-c3n(CC)cc[n+]3C)c3nc(c(-c4n(CC)cc[n+]4C)c4ccc1[nH]4)C=C3)C=C2.[Cl-].[Cl-].[Cl-].[Cl-].[Cl-].[Mn]. The predicted octanol–water partition coefficient (Wildman–Crippen LogP) is -9.08. The maximum atomic E-state index is 5.54. The molecule has 0 aromatic carbocycles. The van der Waals surface area contributed by atoms with E-state index in [1.807, 2.05) is 0 Å². The van der Waals surface area contributed by atoms with Crippen LogP contribution in [0.1, 0.15) is 50.5 Å². The molecule has 0 spiro atoms. The molecule has 8 bridgehead atoms. The minimum Gasteiger partial charge on any atom is -1.00 e. The Morgan fingerprint density at radius 3 is 0.806 bits per heavy atom. The average molecular weight is 979 g/mol. The molecule has 0 aliphatic carbocycles. The molecule has 62 heavy (non-hydrogen) atoms. The first kappa shape index (κ1) is 51.8. The maximum Gasteiger partial charge on any atom is 0.292 e. The van der Waals surface area contributed by atoms with Crippen LogP contribution in [0.5, 0.6) is 0 Å². The van der Waals surface area contributed by atoms with Gasteiger partial charge in [0.1, 0.15) is 71.8 Å². The zero-order chi connectivity index (χ0) is 38.8. The van der Waals surface area contributed by atoms with Crippen molar-refractivity contribution in [1.29, 1.82) is 0 Å². The number of aromatic nitrogens is 12. The van der Waals surface area contributed by atoms with Crippen LogP contribution in [0, 0.1) is 0 Å². The molecule has 12 nitrogen and oxygen atoms in total. The summed E-state index contributed by atoms with van der Waals surface area (Å²) in [4.78, 5) is 18.9. The van der Waals surface area contributed by atoms with Crippen LogP contribution in [0.2, 0.25) is 0 Å². The Hall–Kier alpha value is -4.59. The second-order valence-corrected chi connectivity index (χ2v) is 14.6. The first-order valence-electron chi connectivity index (χ1n) is 19.6. The third kappa shape index (κ3) is 8.44. The van der Waals surface area contributed by atoms with Crippen LogP contribution < -0.4 is 80.3 Å². The van der Waals surface area contributed by atoms with E-state index in [4.69, 9.17) is 9.97 Å². The van der Waals surface area contributed by atoms with Crippen molar-refractivity contribution >= 4 is 46.4 Å². The molecule has 0 atom stereocenters. The van der Waals surface area contributed by atoms with E-state index in [1.54, 1.807) is 0 Å². The van der Waals surface area contributed by atoms with E-state index < -0.39 is 0 Å². The van der Waals surface area contributed by atoms with Gasteiger partial charge in [-0.3, -0.25) is 0 Å². The smallest absolute Gasteiger partial charge is 0.292 e. The molecule has 0 unspecified atom stereocenters. The topological polar surface area (TPSA) is 92.6 Å². The number of rotatable bonds is 8. The molecule has 7 aromatic rings. The molecule has 9 heterocycles. The molecule has 1 radical (unpaired) electrons. The molecule has 0 amide bonds. The van der Waals surface area contributed by atoms with Crippen LogP contribution in [-0.2, 0) is 71.4 Å². The Bertz CT molecular complexity index is 2560. The van der Waals surface area contributed by atoms with Crippen LogP contribution in [-0.4, -0.2) is 38.2 Å². The number of imidazole rings is 4. The summed E-state index contributed by atoms with van der Waals surface area (Å²) in [7, 11) is 8.43. The summed E-state index contributed by atoms with van der Waals surface area (Å²) in [6.45, 7) is 12.0. The number of aromatic amines is 2. The number of aryl methyl sites for hydroxylation is 8. The third-order valence-corrected chi connectivity index (χ3v) is 11.3. The van der Waals surface area contributed by atoms with Crippen molar-refractivity contribution in [2.45, 2.75) is 53.9 Å². The van der Waals surface area contributed by atoms with Gasteiger partial charge in [0.15, 0.2) is 0 Å². The van der Waals surface area contributed by atoms with Crippen molar-refractivity contribution in [1.82, 2.24) is 38.2 Å². The van der Waals surface area contributed by atoms with Crippen molar-refractivity contribution in [2.24, 2.45) is 28.2 Å². The van der Waals surface area contributed by atoms with Gasteiger partial charge in [-0.1, -0.05) is 0 Å². The van der Waals surface area contributed by atoms with Crippen molar-refractivity contribution in [3.63, 3.8) is 0 Å². The summed E-state index contributed by atoms with van der Waals surface area (Å²) in [5.74, 6) is 4.28. The Morgan fingerprint density at radius 2 is 0.613 bits per heavy atom. The van der Waals surface area contributed by atoms with E-state index >= 15 is 0 Å². The summed E-state index contributed by atoms with van der Waals surface area (Å²) in [6.07, 6.45) is 25.7. The van der Waals surface area contributed by atoms with Gasteiger partial charge in [0.05, 0.1) is 99.2 Å². The summed E-state index contributed by atoms with van der Waals surface area (Å²) in [5.41, 5.74) is 11.6. The minimum atomic E-state index is 0. The molecule has 0 saturated carbocycles. The van der Waals surface area contributed by atoms with Crippen LogP contribution in [0.3, 0.4) is 0 Å². The molecule has 0 saturated heterocycles. The number of hydrogen-bond acceptors (Lipinski definition) is 2. The Labute approximate surface area is 403 Å². The predicted molar refractivity (Wildman–Crippen MR) is 220 cm³/mol. The van der Waals surface area contributed by atoms with Gasteiger partial charge in [-0.15, -0.1) is 0 Å². The van der Waals surface area contributed by atoms with E-state index in [-0.39, 0.29) is 79.1 Å². The van der Waals surface area contributed by atoms with Gasteiger partial charge in [-0.05, 0) is 76.3 Å². The van der Waals surface area contributed by atoms with Crippen LogP contribution in [0.25, 0.3) is 91.9 Å². The molecule has 2 aliphatic heterocycles. The fraction of sp³-hybridized carbons (Fsp3) is 0.273. The van der Waals surface area contributed by atoms with E-state index in [1.165, 1.54) is 0 Å². The quantitative estimate of drug-likeness (QED) is 0.117. The van der Waals surface area contributed by atoms with Crippen molar-refractivity contribution in [3.8, 4) is 45.6 Å². The van der Waals surface area contributed by atoms with Gasteiger partial charge in [0.25, 0.3) is 23.3 Å². The van der Waals surface area contributed by atoms with Gasteiger partial charge < -0.3 is 72.0 Å². The summed E-state index contributed by atoms with van der Waals surface area (Å²) in [6, 6.07) is 8.79. The molecule has 7 aromatic heterocycles. The third-order valence-electron chi connectivity index (χ3n) is 11.3. The van der Waals surface area contributed by atoms with E-state index in [0.717, 1.165) is 117 Å². The fourth-order valence-corrected chi connectivity index (χ4v) is 8.54. The zero-order valence-corrected chi connectivity index (χ0v) is 40.8. The molecule has 9 rings (SSSR count). The molecule has 18 heteroatoms. The number of halogens is 5. The van der Waals surface area contributed by atoms with Crippen LogP contribution in [0.15, 0.2) is 73.8 Å². The minimum absolute atomic E-state index is 0. The molecule has 2 aliphatic rings. The standard InChI is InChI=1S/C44H49N12.5ClH.Mn/c1-9-53-25-21-49(5)41(53)37-29-13-15-31(45-29)38(42-50(6)22-26-54(42)10-2)33-17-19-35(47-33)40(44-52(8)24-28-56(44)12-4)36-20-18-34(48-36)39(32-16-14-30(37)46-32)43-51(7)23-27-55(43)11-3;;;;;;/h13-28H,9-12H2,1-8H3,(H,45,46,47,48);5*1H;/q+3;;;;;;/p-4. The summed E-state index contributed by atoms with van der Waals surface area (Å²) < 4.78 is 17.9. The Morgan fingerprint density at radius 1 is 0.403 bits per heavy atom. The second kappa shape index (κ2) is 20.7. The van der Waals surface area contributed by atoms with Gasteiger partial charge in [-0.25, -0.2) is 46.5 Å². The largest absolute Gasteiger partial charge is 1.00 e. The fourth-order valence-electron chi connectivity index (χ4n) is 8.54. The van der Waals surface area contributed by atoms with E-state index in [2.05, 4.69) is 201 Å². The molecule has 329 valence electrons. The first-order chi connectivity index (χ1) is 27.2. The summed E-state index contributed by atoms with van der Waals surface area (Å²) >= 11 is 0. The van der Waals surface area contributed by atoms with Crippen molar-refractivity contribution < 1.29 is 97.4 Å². The Kier molecular flexibility index (Phi) is 17.3. The molecule has 0 fully saturated rings. The van der Waals surface area contributed by atoms with Crippen LogP contribution in [0.4, 0.5) is 0 Å². The first-order valence-corrected chi connectivity index (χ1v) is 19.6. The number of fused-ring (bicyclic) bond motifs is 8. The molecular formula is C44H50Cl5MnN12-. The molecule has 2 N–H and O–H groups in total. The van der Waals surface area contributed by atoms with E-state index in [0.29, 0.717) is 0 Å². The number of H-pyrrole nitrogens is 2. The van der Waals surface area contributed by atoms with Gasteiger partial charge in [0.2, 0.25) is 0 Å². The normalized spacial score (nSPS) is 11.2.